The van der Waals surface area contributed by atoms with Crippen molar-refractivity contribution in [1.29, 1.82) is 0 Å². The lowest BCUT2D eigenvalue weighted by atomic mass is 9.99. The predicted molar refractivity (Wildman–Crippen MR) is 78.6 cm³/mol. The minimum atomic E-state index is -4.95. The molecule has 1 atom stereocenters. The Kier molecular flexibility index (Phi) is 5.55. The number of nitrogens with zero attached hydrogens (tertiary/aromatic N) is 1. The summed E-state index contributed by atoms with van der Waals surface area (Å²) in [6, 6.07) is 3.47. The molecule has 25 heavy (non-hydrogen) atoms. The van der Waals surface area contributed by atoms with Crippen molar-refractivity contribution in [3.63, 3.8) is 0 Å². The molecule has 1 aromatic heterocycles. The van der Waals surface area contributed by atoms with E-state index in [0.29, 0.717) is 18.7 Å². The van der Waals surface area contributed by atoms with Crippen LogP contribution in [0.2, 0.25) is 0 Å². The molecule has 0 bridgehead atoms. The highest BCUT2D eigenvalue weighted by Crippen LogP contribution is 2.38. The van der Waals surface area contributed by atoms with Gasteiger partial charge in [0.05, 0.1) is 17.2 Å². The first kappa shape index (κ1) is 19.4. The highest BCUT2D eigenvalue weighted by atomic mass is 19.4. The van der Waals surface area contributed by atoms with Crippen molar-refractivity contribution in [2.24, 2.45) is 5.73 Å². The second-order valence-corrected chi connectivity index (χ2v) is 5.30. The zero-order valence-corrected chi connectivity index (χ0v) is 12.7. The Morgan fingerprint density at radius 2 is 1.80 bits per heavy atom. The fraction of sp³-hybridized carbons (Fsp3) is 0.400. The normalized spacial score (nSPS) is 14.1. The molecule has 138 valence electrons. The van der Waals surface area contributed by atoms with Crippen LogP contribution in [0.15, 0.2) is 24.3 Å². The van der Waals surface area contributed by atoms with Crippen molar-refractivity contribution in [3.05, 3.63) is 41.1 Å². The number of hydrogen-bond acceptors (Lipinski definition) is 4. The third kappa shape index (κ3) is 4.39. The number of alkyl halides is 6. The van der Waals surface area contributed by atoms with Crippen molar-refractivity contribution in [1.82, 2.24) is 10.3 Å². The molecule has 0 unspecified atom stereocenters. The fourth-order valence-electron chi connectivity index (χ4n) is 2.38. The van der Waals surface area contributed by atoms with Crippen molar-refractivity contribution in [3.8, 4) is 0 Å². The molecule has 2 rings (SSSR count). The van der Waals surface area contributed by atoms with E-state index in [9.17, 15) is 31.4 Å². The molecule has 0 radical (unpaired) electrons. The zero-order valence-electron chi connectivity index (χ0n) is 12.7. The van der Waals surface area contributed by atoms with Gasteiger partial charge in [-0.15, -0.1) is 0 Å². The van der Waals surface area contributed by atoms with Gasteiger partial charge in [-0.1, -0.05) is 12.1 Å². The first-order valence-corrected chi connectivity index (χ1v) is 7.22. The minimum absolute atomic E-state index is 0.163. The molecule has 0 saturated carbocycles. The lowest BCUT2D eigenvalue weighted by Gasteiger charge is -2.18. The first-order chi connectivity index (χ1) is 11.6. The molecule has 1 aromatic carbocycles. The molecule has 0 aliphatic heterocycles. The van der Waals surface area contributed by atoms with Crippen molar-refractivity contribution in [2.45, 2.75) is 18.5 Å². The van der Waals surface area contributed by atoms with Crippen LogP contribution >= 0.6 is 0 Å². The Morgan fingerprint density at radius 1 is 1.12 bits per heavy atom. The topological polar surface area (TPSA) is 71.2 Å². The minimum Gasteiger partial charge on any atom is -0.387 e. The number of aliphatic hydroxyl groups is 1. The van der Waals surface area contributed by atoms with Gasteiger partial charge in [0.1, 0.15) is 5.69 Å². The smallest absolute Gasteiger partial charge is 0.387 e. The Balaban J connectivity index is 2.67. The van der Waals surface area contributed by atoms with E-state index in [1.165, 1.54) is 6.07 Å². The number of rotatable bonds is 5. The maximum absolute atomic E-state index is 13.1. The van der Waals surface area contributed by atoms with E-state index in [1.807, 2.05) is 0 Å². The van der Waals surface area contributed by atoms with Crippen LogP contribution in [0.25, 0.3) is 10.9 Å². The summed E-state index contributed by atoms with van der Waals surface area (Å²) in [5.41, 5.74) is 1.34. The van der Waals surface area contributed by atoms with Crippen molar-refractivity contribution in [2.75, 3.05) is 19.6 Å². The second-order valence-electron chi connectivity index (χ2n) is 5.30. The molecule has 4 nitrogen and oxygen atoms in total. The Hall–Kier alpha value is -1.91. The second kappa shape index (κ2) is 7.14. The highest BCUT2D eigenvalue weighted by molar-refractivity contribution is 5.86. The molecule has 4 N–H and O–H groups in total. The maximum atomic E-state index is 13.1. The molecule has 10 heteroatoms. The third-order valence-corrected chi connectivity index (χ3v) is 3.49. The molecule has 1 heterocycles. The van der Waals surface area contributed by atoms with Crippen LogP contribution in [0.4, 0.5) is 26.3 Å². The Bertz CT molecular complexity index is 744. The number of nitrogens with two attached hydrogens (primary N) is 1. The Labute approximate surface area is 138 Å². The molecule has 0 fully saturated rings. The molecule has 0 spiro atoms. The summed E-state index contributed by atoms with van der Waals surface area (Å²) in [7, 11) is 0. The zero-order chi connectivity index (χ0) is 18.8. The maximum Gasteiger partial charge on any atom is 0.433 e. The van der Waals surface area contributed by atoms with Gasteiger partial charge in [-0.3, -0.25) is 0 Å². The summed E-state index contributed by atoms with van der Waals surface area (Å²) in [6.45, 7) is 0.361. The monoisotopic (exact) mass is 367 g/mol. The quantitative estimate of drug-likeness (QED) is 0.561. The summed E-state index contributed by atoms with van der Waals surface area (Å²) in [5.74, 6) is 0. The van der Waals surface area contributed by atoms with E-state index >= 15 is 0 Å². The highest BCUT2D eigenvalue weighted by Gasteiger charge is 2.37. The molecule has 0 aliphatic rings. The SMILES string of the molecule is NCCNC[C@@H](O)c1cc(C(F)(F)F)nc2c(C(F)(F)F)cccc12. The van der Waals surface area contributed by atoms with Crippen LogP contribution in [0.5, 0.6) is 0 Å². The summed E-state index contributed by atoms with van der Waals surface area (Å²) in [5, 5.41) is 12.7. The van der Waals surface area contributed by atoms with Crippen molar-refractivity contribution >= 4 is 10.9 Å². The summed E-state index contributed by atoms with van der Waals surface area (Å²) in [4.78, 5) is 3.16. The number of fused-ring (bicyclic) bond motifs is 1. The third-order valence-electron chi connectivity index (χ3n) is 3.49. The number of hydrogen-bond donors (Lipinski definition) is 3. The van der Waals surface area contributed by atoms with E-state index in [-0.39, 0.29) is 24.0 Å². The van der Waals surface area contributed by atoms with Gasteiger partial charge in [0.25, 0.3) is 0 Å². The summed E-state index contributed by atoms with van der Waals surface area (Å²) < 4.78 is 78.5. The van der Waals surface area contributed by atoms with Gasteiger partial charge in [-0.2, -0.15) is 26.3 Å². The van der Waals surface area contributed by atoms with Gasteiger partial charge in [0, 0.05) is 25.0 Å². The molecule has 0 amide bonds. The van der Waals surface area contributed by atoms with Crippen LogP contribution in [0, 0.1) is 0 Å². The number of pyridine rings is 1. The molecule has 0 saturated heterocycles. The summed E-state index contributed by atoms with van der Waals surface area (Å²) in [6.07, 6.45) is -11.3. The van der Waals surface area contributed by atoms with E-state index < -0.39 is 35.2 Å². The van der Waals surface area contributed by atoms with E-state index in [4.69, 9.17) is 5.73 Å². The molecule has 2 aromatic rings. The molecular formula is C15H15F6N3O. The lowest BCUT2D eigenvalue weighted by molar-refractivity contribution is -0.142. The van der Waals surface area contributed by atoms with Gasteiger partial charge < -0.3 is 16.2 Å². The van der Waals surface area contributed by atoms with E-state index in [0.717, 1.165) is 6.07 Å². The van der Waals surface area contributed by atoms with Gasteiger partial charge in [-0.25, -0.2) is 4.98 Å². The molecule has 0 aliphatic carbocycles. The fourth-order valence-corrected chi connectivity index (χ4v) is 2.38. The number of aromatic nitrogens is 1. The van der Waals surface area contributed by atoms with Crippen LogP contribution in [-0.2, 0) is 12.4 Å². The average molecular weight is 367 g/mol. The van der Waals surface area contributed by atoms with Crippen LogP contribution in [-0.4, -0.2) is 29.7 Å². The Morgan fingerprint density at radius 3 is 2.36 bits per heavy atom. The van der Waals surface area contributed by atoms with Crippen molar-refractivity contribution < 1.29 is 31.4 Å². The predicted octanol–water partition coefficient (Wildman–Crippen LogP) is 2.85. The van der Waals surface area contributed by atoms with Crippen LogP contribution in [0.3, 0.4) is 0 Å². The van der Waals surface area contributed by atoms with Crippen LogP contribution in [0.1, 0.15) is 22.9 Å². The standard InChI is InChI=1S/C15H15F6N3O/c16-14(17,18)10-3-1-2-8-9(11(25)7-23-5-4-22)6-12(15(19,20)21)24-13(8)10/h1-3,6,11,23,25H,4-5,7,22H2/t11-/m1/s1. The van der Waals surface area contributed by atoms with E-state index in [1.54, 1.807) is 0 Å². The number of aliphatic hydroxyl groups excluding tert-OH is 1. The number of benzene rings is 1. The summed E-state index contributed by atoms with van der Waals surface area (Å²) >= 11 is 0. The number of halogens is 6. The molecular weight excluding hydrogens is 352 g/mol. The number of nitrogens with one attached hydrogen (secondary N) is 1. The van der Waals surface area contributed by atoms with E-state index in [2.05, 4.69) is 10.3 Å². The largest absolute Gasteiger partial charge is 0.433 e. The van der Waals surface area contributed by atoms with Gasteiger partial charge >= 0.3 is 12.4 Å². The average Bonchev–Trinajstić information content (AvgIpc) is 2.51. The lowest BCUT2D eigenvalue weighted by Crippen LogP contribution is -2.27. The van der Waals surface area contributed by atoms with Gasteiger partial charge in [-0.05, 0) is 17.7 Å². The van der Waals surface area contributed by atoms with Gasteiger partial charge in [0.15, 0.2) is 0 Å². The number of para-hydroxylation sites is 1. The first-order valence-electron chi connectivity index (χ1n) is 7.22. The van der Waals surface area contributed by atoms with Gasteiger partial charge in [0.2, 0.25) is 0 Å². The van der Waals surface area contributed by atoms with Crippen LogP contribution < -0.4 is 11.1 Å².